The van der Waals surface area contributed by atoms with Crippen LogP contribution in [0.25, 0.3) is 0 Å². The van der Waals surface area contributed by atoms with Crippen molar-refractivity contribution in [2.75, 3.05) is 11.1 Å². The monoisotopic (exact) mass is 348 g/mol. The number of nitrogens with zero attached hydrogens (tertiary/aromatic N) is 3. The van der Waals surface area contributed by atoms with Crippen LogP contribution in [0.2, 0.25) is 0 Å². The second-order valence-electron chi connectivity index (χ2n) is 6.53. The number of hydrogen-bond acceptors (Lipinski definition) is 5. The van der Waals surface area contributed by atoms with Gasteiger partial charge < -0.3 is 5.32 Å². The second-order valence-corrected chi connectivity index (χ2v) is 8.81. The molecule has 1 aliphatic heterocycles. The lowest BCUT2D eigenvalue weighted by Gasteiger charge is -2.24. The fourth-order valence-corrected chi connectivity index (χ4v) is 3.74. The molecule has 1 N–H and O–H groups in total. The highest BCUT2D eigenvalue weighted by atomic mass is 32.2. The second kappa shape index (κ2) is 6.55. The van der Waals surface area contributed by atoms with Crippen LogP contribution >= 0.6 is 0 Å². The number of aromatic nitrogens is 3. The molecule has 1 aromatic carbocycles. The molecule has 0 unspecified atom stereocenters. The van der Waals surface area contributed by atoms with Gasteiger partial charge in [0.1, 0.15) is 5.82 Å². The summed E-state index contributed by atoms with van der Waals surface area (Å²) in [7, 11) is -3.14. The van der Waals surface area contributed by atoms with E-state index in [0.717, 1.165) is 36.7 Å². The van der Waals surface area contributed by atoms with Crippen LogP contribution in [0.1, 0.15) is 44.8 Å². The summed E-state index contributed by atoms with van der Waals surface area (Å²) in [6.45, 7) is 6.64. The van der Waals surface area contributed by atoms with E-state index in [1.54, 1.807) is 19.1 Å². The van der Waals surface area contributed by atoms with Gasteiger partial charge in [-0.05, 0) is 30.7 Å². The lowest BCUT2D eigenvalue weighted by atomic mass is 10.1. The Morgan fingerprint density at radius 2 is 2.00 bits per heavy atom. The van der Waals surface area contributed by atoms with Gasteiger partial charge in [-0.2, -0.15) is 5.10 Å². The maximum Gasteiger partial charge on any atom is 0.178 e. The number of fused-ring (bicyclic) bond motifs is 1. The zero-order valence-corrected chi connectivity index (χ0v) is 15.2. The molecule has 6 nitrogen and oxygen atoms in total. The maximum atomic E-state index is 11.9. The Morgan fingerprint density at radius 3 is 2.62 bits per heavy atom. The quantitative estimate of drug-likeness (QED) is 0.899. The minimum absolute atomic E-state index is 0.121. The molecule has 24 heavy (non-hydrogen) atoms. The number of sulfone groups is 1. The van der Waals surface area contributed by atoms with Crippen molar-refractivity contribution in [3.63, 3.8) is 0 Å². The fourth-order valence-electron chi connectivity index (χ4n) is 2.85. The van der Waals surface area contributed by atoms with Gasteiger partial charge in [-0.1, -0.05) is 20.8 Å². The highest BCUT2D eigenvalue weighted by molar-refractivity contribution is 7.91. The van der Waals surface area contributed by atoms with Gasteiger partial charge in [0.15, 0.2) is 15.7 Å². The van der Waals surface area contributed by atoms with Gasteiger partial charge >= 0.3 is 0 Å². The standard InChI is InChI=1S/C17H24N4O2S/c1-4-24(22,23)15-8-5-13(6-9-15)18-14-7-10-16-19-17(12(2)3)20-21(16)11-14/h5-6,8-9,12,14,18H,4,7,10-11H2,1-3H3/t14-/m0/s1. The van der Waals surface area contributed by atoms with Crippen LogP contribution in [0.5, 0.6) is 0 Å². The van der Waals surface area contributed by atoms with Crippen molar-refractivity contribution in [1.29, 1.82) is 0 Å². The SMILES string of the molecule is CCS(=O)(=O)c1ccc(N[C@H]2CCc3nc(C(C)C)nn3C2)cc1. The molecular formula is C17H24N4O2S. The van der Waals surface area contributed by atoms with Crippen molar-refractivity contribution in [3.05, 3.63) is 35.9 Å². The van der Waals surface area contributed by atoms with Gasteiger partial charge in [0.05, 0.1) is 17.2 Å². The molecule has 0 spiro atoms. The third-order valence-corrected chi connectivity index (χ3v) is 6.11. The van der Waals surface area contributed by atoms with Crippen molar-refractivity contribution in [3.8, 4) is 0 Å². The van der Waals surface area contributed by atoms with Crippen molar-refractivity contribution < 1.29 is 8.42 Å². The van der Waals surface area contributed by atoms with E-state index in [0.29, 0.717) is 10.8 Å². The van der Waals surface area contributed by atoms with Gasteiger partial charge in [-0.15, -0.1) is 0 Å². The summed E-state index contributed by atoms with van der Waals surface area (Å²) in [5.74, 6) is 2.42. The van der Waals surface area contributed by atoms with E-state index in [4.69, 9.17) is 0 Å². The first-order valence-electron chi connectivity index (χ1n) is 8.42. The molecular weight excluding hydrogens is 324 g/mol. The number of benzene rings is 1. The summed E-state index contributed by atoms with van der Waals surface area (Å²) < 4.78 is 25.7. The van der Waals surface area contributed by atoms with Crippen molar-refractivity contribution in [2.45, 2.75) is 57.0 Å². The molecule has 2 heterocycles. The Balaban J connectivity index is 1.69. The lowest BCUT2D eigenvalue weighted by Crippen LogP contribution is -2.31. The number of rotatable bonds is 5. The molecule has 0 saturated heterocycles. The molecule has 3 rings (SSSR count). The van der Waals surface area contributed by atoms with Crippen LogP contribution in [0.15, 0.2) is 29.2 Å². The minimum atomic E-state index is -3.14. The molecule has 1 atom stereocenters. The first-order chi connectivity index (χ1) is 11.4. The Kier molecular flexibility index (Phi) is 4.62. The predicted octanol–water partition coefficient (Wildman–Crippen LogP) is 2.62. The minimum Gasteiger partial charge on any atom is -0.380 e. The first kappa shape index (κ1) is 17.0. The van der Waals surface area contributed by atoms with E-state index in [-0.39, 0.29) is 11.8 Å². The van der Waals surface area contributed by atoms with E-state index >= 15 is 0 Å². The summed E-state index contributed by atoms with van der Waals surface area (Å²) in [6, 6.07) is 7.27. The lowest BCUT2D eigenvalue weighted by molar-refractivity contribution is 0.440. The summed E-state index contributed by atoms with van der Waals surface area (Å²) >= 11 is 0. The first-order valence-corrected chi connectivity index (χ1v) is 10.1. The van der Waals surface area contributed by atoms with Crippen LogP contribution in [0, 0.1) is 0 Å². The average molecular weight is 348 g/mol. The van der Waals surface area contributed by atoms with Gasteiger partial charge in [0.25, 0.3) is 0 Å². The molecule has 0 bridgehead atoms. The number of anilines is 1. The van der Waals surface area contributed by atoms with E-state index in [1.807, 2.05) is 16.8 Å². The molecule has 2 aromatic rings. The summed E-state index contributed by atoms with van der Waals surface area (Å²) in [4.78, 5) is 4.97. The third kappa shape index (κ3) is 3.45. The number of nitrogens with one attached hydrogen (secondary N) is 1. The van der Waals surface area contributed by atoms with E-state index in [1.165, 1.54) is 0 Å². The van der Waals surface area contributed by atoms with Crippen molar-refractivity contribution >= 4 is 15.5 Å². The predicted molar refractivity (Wildman–Crippen MR) is 94.0 cm³/mol. The van der Waals surface area contributed by atoms with Gasteiger partial charge in [0, 0.05) is 24.1 Å². The van der Waals surface area contributed by atoms with Crippen molar-refractivity contribution in [2.24, 2.45) is 0 Å². The molecule has 0 fully saturated rings. The average Bonchev–Trinajstić information content (AvgIpc) is 2.99. The molecule has 130 valence electrons. The fraction of sp³-hybridized carbons (Fsp3) is 0.529. The normalized spacial score (nSPS) is 17.8. The third-order valence-electron chi connectivity index (χ3n) is 4.36. The Hall–Kier alpha value is -1.89. The van der Waals surface area contributed by atoms with Crippen LogP contribution < -0.4 is 5.32 Å². The largest absolute Gasteiger partial charge is 0.380 e. The number of aryl methyl sites for hydroxylation is 1. The Labute approximate surface area is 143 Å². The molecule has 0 amide bonds. The zero-order valence-electron chi connectivity index (χ0n) is 14.4. The number of hydrogen-bond donors (Lipinski definition) is 1. The van der Waals surface area contributed by atoms with Crippen molar-refractivity contribution in [1.82, 2.24) is 14.8 Å². The van der Waals surface area contributed by atoms with E-state index in [2.05, 4.69) is 29.2 Å². The van der Waals surface area contributed by atoms with Gasteiger partial charge in [0.2, 0.25) is 0 Å². The highest BCUT2D eigenvalue weighted by Gasteiger charge is 2.22. The molecule has 7 heteroatoms. The molecule has 0 aliphatic carbocycles. The summed E-state index contributed by atoms with van der Waals surface area (Å²) in [5.41, 5.74) is 0.933. The van der Waals surface area contributed by atoms with Crippen LogP contribution in [-0.4, -0.2) is 35.0 Å². The summed E-state index contributed by atoms with van der Waals surface area (Å²) in [6.07, 6.45) is 1.89. The van der Waals surface area contributed by atoms with E-state index in [9.17, 15) is 8.42 Å². The van der Waals surface area contributed by atoms with Crippen LogP contribution in [-0.2, 0) is 22.8 Å². The maximum absolute atomic E-state index is 11.9. The summed E-state index contributed by atoms with van der Waals surface area (Å²) in [5, 5.41) is 8.06. The Morgan fingerprint density at radius 1 is 1.29 bits per heavy atom. The Bertz CT molecular complexity index is 810. The molecule has 1 aliphatic rings. The van der Waals surface area contributed by atoms with Crippen LogP contribution in [0.4, 0.5) is 5.69 Å². The highest BCUT2D eigenvalue weighted by Crippen LogP contribution is 2.21. The zero-order chi connectivity index (χ0) is 17.3. The van der Waals surface area contributed by atoms with Crippen LogP contribution in [0.3, 0.4) is 0 Å². The topological polar surface area (TPSA) is 76.9 Å². The smallest absolute Gasteiger partial charge is 0.178 e. The van der Waals surface area contributed by atoms with E-state index < -0.39 is 9.84 Å². The molecule has 0 saturated carbocycles. The molecule has 1 aromatic heterocycles. The molecule has 0 radical (unpaired) electrons. The van der Waals surface area contributed by atoms with Gasteiger partial charge in [-0.3, -0.25) is 0 Å². The van der Waals surface area contributed by atoms with Gasteiger partial charge in [-0.25, -0.2) is 18.1 Å².